The van der Waals surface area contributed by atoms with Crippen molar-refractivity contribution in [1.29, 1.82) is 0 Å². The van der Waals surface area contributed by atoms with E-state index in [-0.39, 0.29) is 11.4 Å². The Kier molecular flexibility index (Phi) is 8.54. The molecule has 34 heavy (non-hydrogen) atoms. The molecule has 0 saturated heterocycles. The number of halogens is 4. The van der Waals surface area contributed by atoms with Gasteiger partial charge in [0, 0.05) is 16.8 Å². The van der Waals surface area contributed by atoms with Gasteiger partial charge >= 0.3 is 0 Å². The number of rotatable bonds is 9. The number of carbonyl (C=O) groups excluding carboxylic acids is 2. The maximum Gasteiger partial charge on any atom is 0.270 e. The average molecular weight is 511 g/mol. The number of hydrogen-bond acceptors (Lipinski definition) is 6. The van der Waals surface area contributed by atoms with Crippen LogP contribution >= 0.6 is 23.2 Å². The van der Waals surface area contributed by atoms with Crippen LogP contribution in [0.1, 0.15) is 6.42 Å². The van der Waals surface area contributed by atoms with Gasteiger partial charge in [-0.1, -0.05) is 23.2 Å². The first-order valence-electron chi connectivity index (χ1n) is 10.1. The molecule has 0 fully saturated rings. The molecule has 2 aromatic carbocycles. The van der Waals surface area contributed by atoms with Crippen LogP contribution in [0.25, 0.3) is 10.9 Å². The predicted octanol–water partition coefficient (Wildman–Crippen LogP) is 4.08. The molecule has 12 heteroatoms. The van der Waals surface area contributed by atoms with E-state index in [2.05, 4.69) is 25.9 Å². The van der Waals surface area contributed by atoms with Crippen molar-refractivity contribution in [3.63, 3.8) is 0 Å². The van der Waals surface area contributed by atoms with Gasteiger partial charge in [0.2, 0.25) is 5.91 Å². The summed E-state index contributed by atoms with van der Waals surface area (Å²) in [6.07, 6.45) is 1.60. The number of anilines is 3. The van der Waals surface area contributed by atoms with E-state index < -0.39 is 29.3 Å². The van der Waals surface area contributed by atoms with Crippen molar-refractivity contribution in [2.75, 3.05) is 31.3 Å². The molecule has 0 saturated carbocycles. The molecule has 3 rings (SSSR count). The maximum absolute atomic E-state index is 13.5. The molecule has 1 aromatic heterocycles. The molecule has 2 atom stereocenters. The zero-order valence-corrected chi connectivity index (χ0v) is 19.8. The molecule has 0 bridgehead atoms. The van der Waals surface area contributed by atoms with Crippen LogP contribution in [0.4, 0.5) is 26.0 Å². The summed E-state index contributed by atoms with van der Waals surface area (Å²) >= 11 is 11.0. The Morgan fingerprint density at radius 2 is 1.82 bits per heavy atom. The summed E-state index contributed by atoms with van der Waals surface area (Å²) in [7, 11) is 3.62. The predicted molar refractivity (Wildman–Crippen MR) is 129 cm³/mol. The van der Waals surface area contributed by atoms with Gasteiger partial charge in [-0.15, -0.1) is 0 Å². The highest BCUT2D eigenvalue weighted by Crippen LogP contribution is 2.27. The summed E-state index contributed by atoms with van der Waals surface area (Å²) in [4.78, 5) is 34.8. The average Bonchev–Trinajstić information content (AvgIpc) is 2.79. The Labute approximate surface area is 204 Å². The number of alkyl halides is 2. The van der Waals surface area contributed by atoms with Gasteiger partial charge in [0.25, 0.3) is 11.5 Å². The molecule has 180 valence electrons. The molecule has 1 heterocycles. The lowest BCUT2D eigenvalue weighted by molar-refractivity contribution is -0.128. The highest BCUT2D eigenvalue weighted by molar-refractivity contribution is 6.31. The second kappa shape index (κ2) is 11.4. The maximum atomic E-state index is 13.5. The van der Waals surface area contributed by atoms with Crippen molar-refractivity contribution in [2.24, 2.45) is 0 Å². The normalized spacial score (nSPS) is 12.9. The molecule has 2 amide bonds. The number of nitrogens with zero attached hydrogens (tertiary/aromatic N) is 3. The molecule has 0 aliphatic carbocycles. The zero-order valence-electron chi connectivity index (χ0n) is 18.3. The second-order valence-corrected chi connectivity index (χ2v) is 8.44. The summed E-state index contributed by atoms with van der Waals surface area (Å²) < 4.78 is 26.6. The van der Waals surface area contributed by atoms with Gasteiger partial charge in [-0.3, -0.25) is 9.59 Å². The highest BCUT2D eigenvalue weighted by Gasteiger charge is 2.24. The lowest BCUT2D eigenvalue weighted by Gasteiger charge is -2.20. The molecule has 0 radical (unpaired) electrons. The Bertz CT molecular complexity index is 1200. The van der Waals surface area contributed by atoms with Crippen LogP contribution in [-0.2, 0) is 9.59 Å². The van der Waals surface area contributed by atoms with E-state index in [1.54, 1.807) is 18.2 Å². The Morgan fingerprint density at radius 3 is 2.50 bits per heavy atom. The van der Waals surface area contributed by atoms with E-state index in [1.807, 2.05) is 19.0 Å². The topological polar surface area (TPSA) is 99.3 Å². The van der Waals surface area contributed by atoms with Gasteiger partial charge in [-0.05, 0) is 63.5 Å². The first-order valence-corrected chi connectivity index (χ1v) is 11.0. The Hall–Kier alpha value is -3.08. The Morgan fingerprint density at radius 1 is 1.09 bits per heavy atom. The molecule has 3 N–H and O–H groups in total. The number of nitrogens with one attached hydrogen (secondary N) is 3. The fourth-order valence-corrected chi connectivity index (χ4v) is 3.31. The van der Waals surface area contributed by atoms with E-state index in [9.17, 15) is 18.4 Å². The lowest BCUT2D eigenvalue weighted by atomic mass is 10.1. The van der Waals surface area contributed by atoms with E-state index >= 15 is 0 Å². The zero-order chi connectivity index (χ0) is 24.8. The summed E-state index contributed by atoms with van der Waals surface area (Å²) in [6.45, 7) is 0.470. The van der Waals surface area contributed by atoms with Gasteiger partial charge in [0.1, 0.15) is 24.0 Å². The number of hydrogen-bond donors (Lipinski definition) is 3. The van der Waals surface area contributed by atoms with Crippen molar-refractivity contribution in [3.05, 3.63) is 53.6 Å². The minimum absolute atomic E-state index is 0.0467. The first-order chi connectivity index (χ1) is 16.1. The Balaban J connectivity index is 1.84. The van der Waals surface area contributed by atoms with Crippen LogP contribution in [0.15, 0.2) is 42.7 Å². The molecular formula is C22H22Cl2F2N6O2. The molecule has 8 nitrogen and oxygen atoms in total. The minimum atomic E-state index is -2.26. The van der Waals surface area contributed by atoms with Crippen molar-refractivity contribution < 1.29 is 18.4 Å². The molecule has 1 unspecified atom stereocenters. The van der Waals surface area contributed by atoms with E-state index in [4.69, 9.17) is 23.2 Å². The van der Waals surface area contributed by atoms with E-state index in [1.165, 1.54) is 24.5 Å². The quantitative estimate of drug-likeness (QED) is 0.375. The standard InChI is InChI=1S/C22H22Cl2F2N6O2/c1-32(2)8-7-18(31-22(34)19(24)26)21(33)30-12-4-6-17-14(9-12)20(28-11-27-17)29-13-3-5-16(25)15(23)10-13/h3-6,9-11,18-19H,7-8H2,1-2H3,(H,30,33)(H,31,34)(H,27,28,29)/t18-,19?/m0/s1. The summed E-state index contributed by atoms with van der Waals surface area (Å²) in [6, 6.07) is 8.11. The van der Waals surface area contributed by atoms with Crippen LogP contribution in [0, 0.1) is 5.82 Å². The van der Waals surface area contributed by atoms with Crippen LogP contribution < -0.4 is 16.0 Å². The van der Waals surface area contributed by atoms with Crippen molar-refractivity contribution in [1.82, 2.24) is 20.2 Å². The van der Waals surface area contributed by atoms with Gasteiger partial charge in [0.15, 0.2) is 0 Å². The number of benzene rings is 2. The number of aromatic nitrogens is 2. The minimum Gasteiger partial charge on any atom is -0.341 e. The summed E-state index contributed by atoms with van der Waals surface area (Å²) in [5.74, 6) is -1.77. The molecular weight excluding hydrogens is 489 g/mol. The van der Waals surface area contributed by atoms with Crippen LogP contribution in [0.2, 0.25) is 5.02 Å². The fraction of sp³-hybridized carbons (Fsp3) is 0.273. The van der Waals surface area contributed by atoms with Gasteiger partial charge in [-0.2, -0.15) is 0 Å². The number of carbonyl (C=O) groups is 2. The van der Waals surface area contributed by atoms with E-state index in [0.717, 1.165) is 0 Å². The summed E-state index contributed by atoms with van der Waals surface area (Å²) in [5, 5.41) is 8.61. The fourth-order valence-electron chi connectivity index (χ4n) is 3.06. The van der Waals surface area contributed by atoms with Gasteiger partial charge in [-0.25, -0.2) is 18.7 Å². The second-order valence-electron chi connectivity index (χ2n) is 7.65. The number of amides is 2. The lowest BCUT2D eigenvalue weighted by Crippen LogP contribution is -2.47. The largest absolute Gasteiger partial charge is 0.341 e. The third kappa shape index (κ3) is 6.72. The van der Waals surface area contributed by atoms with Crippen molar-refractivity contribution in [2.45, 2.75) is 18.1 Å². The van der Waals surface area contributed by atoms with Gasteiger partial charge < -0.3 is 20.9 Å². The highest BCUT2D eigenvalue weighted by atomic mass is 35.5. The SMILES string of the molecule is CN(C)CC[C@H](NC(=O)C(F)Cl)C(=O)Nc1ccc2ncnc(Nc3ccc(F)c(Cl)c3)c2c1. The monoisotopic (exact) mass is 510 g/mol. The molecule has 3 aromatic rings. The van der Waals surface area contributed by atoms with Crippen LogP contribution in [0.5, 0.6) is 0 Å². The van der Waals surface area contributed by atoms with E-state index in [0.29, 0.717) is 34.6 Å². The molecule has 0 aliphatic heterocycles. The van der Waals surface area contributed by atoms with Crippen molar-refractivity contribution in [3.8, 4) is 0 Å². The molecule has 0 aliphatic rings. The smallest absolute Gasteiger partial charge is 0.270 e. The first kappa shape index (κ1) is 25.5. The summed E-state index contributed by atoms with van der Waals surface area (Å²) in [5.41, 5.74) is -0.766. The molecule has 0 spiro atoms. The van der Waals surface area contributed by atoms with Crippen LogP contribution in [0.3, 0.4) is 0 Å². The van der Waals surface area contributed by atoms with Crippen molar-refractivity contribution >= 4 is 63.1 Å². The third-order valence-corrected chi connectivity index (χ3v) is 5.27. The number of fused-ring (bicyclic) bond motifs is 1. The third-order valence-electron chi connectivity index (χ3n) is 4.78. The van der Waals surface area contributed by atoms with Gasteiger partial charge in [0.05, 0.1) is 10.5 Å². The van der Waals surface area contributed by atoms with Crippen LogP contribution in [-0.4, -0.2) is 59.0 Å².